The first-order chi connectivity index (χ1) is 4.80. The molecule has 0 radical (unpaired) electrons. The van der Waals surface area contributed by atoms with Crippen molar-refractivity contribution in [1.29, 1.82) is 0 Å². The van der Waals surface area contributed by atoms with E-state index in [1.54, 1.807) is 0 Å². The van der Waals surface area contributed by atoms with Gasteiger partial charge in [0.15, 0.2) is 0 Å². The van der Waals surface area contributed by atoms with Gasteiger partial charge in [0.05, 0.1) is 12.2 Å². The minimum atomic E-state index is -0.479. The maximum Gasteiger partial charge on any atom is 0.0807 e. The minimum Gasteiger partial charge on any atom is -0.390 e. The first kappa shape index (κ1) is 8.37. The van der Waals surface area contributed by atoms with Crippen LogP contribution in [0.15, 0.2) is 0 Å². The van der Waals surface area contributed by atoms with Gasteiger partial charge in [0, 0.05) is 0 Å². The SMILES string of the molecule is O[C@H]1CCCSCC[C@@H]1O. The van der Waals surface area contributed by atoms with Crippen LogP contribution in [0.3, 0.4) is 0 Å². The van der Waals surface area contributed by atoms with Crippen molar-refractivity contribution in [2.45, 2.75) is 31.5 Å². The predicted molar refractivity (Wildman–Crippen MR) is 43.2 cm³/mol. The largest absolute Gasteiger partial charge is 0.390 e. The maximum absolute atomic E-state index is 9.22. The molecule has 3 heteroatoms. The lowest BCUT2D eigenvalue weighted by molar-refractivity contribution is 0.0125. The quantitative estimate of drug-likeness (QED) is 0.549. The molecule has 0 aromatic carbocycles. The fourth-order valence-electron chi connectivity index (χ4n) is 1.09. The molecule has 2 atom stereocenters. The van der Waals surface area contributed by atoms with Crippen LogP contribution in [0.4, 0.5) is 0 Å². The molecule has 1 fully saturated rings. The summed E-state index contributed by atoms with van der Waals surface area (Å²) in [4.78, 5) is 0. The van der Waals surface area contributed by atoms with E-state index in [1.165, 1.54) is 0 Å². The Morgan fingerprint density at radius 3 is 2.50 bits per heavy atom. The van der Waals surface area contributed by atoms with Gasteiger partial charge in [-0.3, -0.25) is 0 Å². The van der Waals surface area contributed by atoms with Crippen molar-refractivity contribution in [3.8, 4) is 0 Å². The number of aliphatic hydroxyl groups excluding tert-OH is 2. The Balaban J connectivity index is 2.28. The van der Waals surface area contributed by atoms with Gasteiger partial charge in [-0.05, 0) is 30.8 Å². The number of rotatable bonds is 0. The van der Waals surface area contributed by atoms with Crippen molar-refractivity contribution < 1.29 is 10.2 Å². The zero-order valence-corrected chi connectivity index (χ0v) is 6.81. The average Bonchev–Trinajstić information content (AvgIpc) is 1.92. The Labute approximate surface area is 65.6 Å². The van der Waals surface area contributed by atoms with E-state index in [9.17, 15) is 10.2 Å². The molecule has 1 aliphatic heterocycles. The predicted octanol–water partition coefficient (Wildman–Crippen LogP) is 0.625. The van der Waals surface area contributed by atoms with Crippen LogP contribution in [0, 0.1) is 0 Å². The molecule has 2 nitrogen and oxygen atoms in total. The molecule has 1 saturated heterocycles. The van der Waals surface area contributed by atoms with Crippen molar-refractivity contribution in [2.75, 3.05) is 11.5 Å². The van der Waals surface area contributed by atoms with E-state index in [0.29, 0.717) is 0 Å². The molecule has 0 amide bonds. The van der Waals surface area contributed by atoms with Crippen LogP contribution in [-0.4, -0.2) is 33.9 Å². The summed E-state index contributed by atoms with van der Waals surface area (Å²) in [6.07, 6.45) is 1.58. The second-order valence-corrected chi connectivity index (χ2v) is 3.90. The molecule has 10 heavy (non-hydrogen) atoms. The number of aliphatic hydroxyl groups is 2. The molecule has 60 valence electrons. The summed E-state index contributed by atoms with van der Waals surface area (Å²) in [6, 6.07) is 0. The molecule has 0 aromatic heterocycles. The summed E-state index contributed by atoms with van der Waals surface area (Å²) in [5, 5.41) is 18.4. The molecule has 2 N–H and O–H groups in total. The fraction of sp³-hybridized carbons (Fsp3) is 1.00. The van der Waals surface area contributed by atoms with E-state index in [1.807, 2.05) is 11.8 Å². The Hall–Kier alpha value is 0.270. The maximum atomic E-state index is 9.22. The highest BCUT2D eigenvalue weighted by molar-refractivity contribution is 7.99. The highest BCUT2D eigenvalue weighted by Gasteiger charge is 2.17. The van der Waals surface area contributed by atoms with Crippen molar-refractivity contribution in [3.05, 3.63) is 0 Å². The van der Waals surface area contributed by atoms with Crippen LogP contribution in [0.2, 0.25) is 0 Å². The summed E-state index contributed by atoms with van der Waals surface area (Å²) in [7, 11) is 0. The van der Waals surface area contributed by atoms with Crippen molar-refractivity contribution in [1.82, 2.24) is 0 Å². The third-order valence-electron chi connectivity index (χ3n) is 1.79. The molecule has 1 rings (SSSR count). The zero-order valence-electron chi connectivity index (χ0n) is 5.99. The van der Waals surface area contributed by atoms with Gasteiger partial charge in [0.25, 0.3) is 0 Å². The lowest BCUT2D eigenvalue weighted by Gasteiger charge is -2.19. The first-order valence-corrected chi connectivity index (χ1v) is 4.90. The van der Waals surface area contributed by atoms with Gasteiger partial charge < -0.3 is 10.2 Å². The molecule has 0 unspecified atom stereocenters. The fourth-order valence-corrected chi connectivity index (χ4v) is 2.07. The molecule has 0 bridgehead atoms. The standard InChI is InChI=1S/C7H14O2S/c8-6-2-1-4-10-5-3-7(6)9/h6-9H,1-5H2/t6-,7-/m0/s1. The average molecular weight is 162 g/mol. The summed E-state index contributed by atoms with van der Waals surface area (Å²) < 4.78 is 0. The van der Waals surface area contributed by atoms with Crippen LogP contribution in [-0.2, 0) is 0 Å². The molecule has 0 aliphatic carbocycles. The summed E-state index contributed by atoms with van der Waals surface area (Å²) >= 11 is 1.86. The Kier molecular flexibility index (Phi) is 3.52. The first-order valence-electron chi connectivity index (χ1n) is 3.74. The van der Waals surface area contributed by atoms with Gasteiger partial charge in [-0.15, -0.1) is 0 Å². The van der Waals surface area contributed by atoms with Gasteiger partial charge in [-0.1, -0.05) is 0 Å². The molecule has 0 saturated carbocycles. The third-order valence-corrected chi connectivity index (χ3v) is 2.89. The molecular formula is C7H14O2S. The normalized spacial score (nSPS) is 36.6. The monoisotopic (exact) mass is 162 g/mol. The number of hydrogen-bond acceptors (Lipinski definition) is 3. The highest BCUT2D eigenvalue weighted by atomic mass is 32.2. The number of thioether (sulfide) groups is 1. The van der Waals surface area contributed by atoms with Gasteiger partial charge in [0.2, 0.25) is 0 Å². The summed E-state index contributed by atoms with van der Waals surface area (Å²) in [5.41, 5.74) is 0. The van der Waals surface area contributed by atoms with E-state index >= 15 is 0 Å². The van der Waals surface area contributed by atoms with Crippen LogP contribution in [0.1, 0.15) is 19.3 Å². The smallest absolute Gasteiger partial charge is 0.0807 e. The highest BCUT2D eigenvalue weighted by Crippen LogP contribution is 2.16. The molecule has 0 aromatic rings. The van der Waals surface area contributed by atoms with Crippen LogP contribution in [0.25, 0.3) is 0 Å². The molecule has 1 heterocycles. The number of hydrogen-bond donors (Lipinski definition) is 2. The Bertz CT molecular complexity index is 85.6. The summed E-state index contributed by atoms with van der Waals surface area (Å²) in [6.45, 7) is 0. The van der Waals surface area contributed by atoms with Gasteiger partial charge in [-0.25, -0.2) is 0 Å². The van der Waals surface area contributed by atoms with E-state index in [4.69, 9.17) is 0 Å². The molecule has 1 aliphatic rings. The molecular weight excluding hydrogens is 148 g/mol. The van der Waals surface area contributed by atoms with Gasteiger partial charge >= 0.3 is 0 Å². The summed E-state index contributed by atoms with van der Waals surface area (Å²) in [5.74, 6) is 2.11. The third kappa shape index (κ3) is 2.48. The van der Waals surface area contributed by atoms with E-state index < -0.39 is 12.2 Å². The zero-order chi connectivity index (χ0) is 7.40. The lowest BCUT2D eigenvalue weighted by atomic mass is 10.1. The Morgan fingerprint density at radius 1 is 1.00 bits per heavy atom. The van der Waals surface area contributed by atoms with E-state index in [2.05, 4.69) is 0 Å². The van der Waals surface area contributed by atoms with Crippen LogP contribution in [0.5, 0.6) is 0 Å². The van der Waals surface area contributed by atoms with Crippen LogP contribution >= 0.6 is 11.8 Å². The van der Waals surface area contributed by atoms with E-state index in [-0.39, 0.29) is 0 Å². The van der Waals surface area contributed by atoms with E-state index in [0.717, 1.165) is 30.8 Å². The van der Waals surface area contributed by atoms with Gasteiger partial charge in [-0.2, -0.15) is 11.8 Å². The second-order valence-electron chi connectivity index (χ2n) is 2.68. The van der Waals surface area contributed by atoms with Crippen molar-refractivity contribution >= 4 is 11.8 Å². The van der Waals surface area contributed by atoms with Crippen molar-refractivity contribution in [3.63, 3.8) is 0 Å². The van der Waals surface area contributed by atoms with Crippen molar-refractivity contribution in [2.24, 2.45) is 0 Å². The van der Waals surface area contributed by atoms with Crippen LogP contribution < -0.4 is 0 Å². The molecule has 0 spiro atoms. The minimum absolute atomic E-state index is 0.471. The lowest BCUT2D eigenvalue weighted by Crippen LogP contribution is -2.27. The topological polar surface area (TPSA) is 40.5 Å². The van der Waals surface area contributed by atoms with Gasteiger partial charge in [0.1, 0.15) is 0 Å². The second kappa shape index (κ2) is 4.21. The Morgan fingerprint density at radius 2 is 1.70 bits per heavy atom.